The van der Waals surface area contributed by atoms with Crippen LogP contribution in [0.25, 0.3) is 10.8 Å². The third kappa shape index (κ3) is 5.52. The second-order valence-corrected chi connectivity index (χ2v) is 12.5. The minimum atomic E-state index is -4.18. The standard InChI is InChI=1S/C19H26ClFN4O4S2/c1-12(2)7-23-31(28,29)25-9-14-5-13-8-22-17(20)6-15(13)18(16(14)10-25)30(26,27)24-11-19(3,4)21/h5-6,8,12,23-24H,7,9-11H2,1-4H3. The van der Waals surface area contributed by atoms with Crippen LogP contribution in [0.3, 0.4) is 0 Å². The Morgan fingerprint density at radius 2 is 1.87 bits per heavy atom. The number of rotatable bonds is 8. The molecule has 0 amide bonds. The van der Waals surface area contributed by atoms with Gasteiger partial charge in [0, 0.05) is 43.1 Å². The molecule has 0 fully saturated rings. The van der Waals surface area contributed by atoms with Gasteiger partial charge in [0.2, 0.25) is 10.0 Å². The van der Waals surface area contributed by atoms with Crippen LogP contribution in [0.5, 0.6) is 0 Å². The number of halogens is 2. The molecule has 31 heavy (non-hydrogen) atoms. The lowest BCUT2D eigenvalue weighted by Gasteiger charge is -2.19. The highest BCUT2D eigenvalue weighted by Crippen LogP contribution is 2.37. The number of fused-ring (bicyclic) bond motifs is 2. The summed E-state index contributed by atoms with van der Waals surface area (Å²) in [6, 6.07) is 3.13. The van der Waals surface area contributed by atoms with Gasteiger partial charge in [-0.25, -0.2) is 27.2 Å². The van der Waals surface area contributed by atoms with Crippen molar-refractivity contribution in [2.75, 3.05) is 13.1 Å². The summed E-state index contributed by atoms with van der Waals surface area (Å²) < 4.78 is 71.9. The third-order valence-corrected chi connectivity index (χ3v) is 7.99. The third-order valence-electron chi connectivity index (χ3n) is 4.78. The minimum Gasteiger partial charge on any atom is -0.244 e. The van der Waals surface area contributed by atoms with Crippen molar-refractivity contribution in [3.63, 3.8) is 0 Å². The molecule has 0 spiro atoms. The van der Waals surface area contributed by atoms with Crippen molar-refractivity contribution >= 4 is 42.6 Å². The molecule has 1 aromatic heterocycles. The first kappa shape index (κ1) is 24.3. The molecular weight excluding hydrogens is 467 g/mol. The molecule has 1 aromatic carbocycles. The normalized spacial score (nSPS) is 15.7. The second kappa shape index (κ2) is 8.53. The molecule has 0 saturated heterocycles. The predicted octanol–water partition coefficient (Wildman–Crippen LogP) is 2.72. The largest absolute Gasteiger partial charge is 0.280 e. The van der Waals surface area contributed by atoms with Gasteiger partial charge in [-0.1, -0.05) is 25.4 Å². The molecule has 2 N–H and O–H groups in total. The Balaban J connectivity index is 2.11. The number of hydrogen-bond donors (Lipinski definition) is 2. The average Bonchev–Trinajstić information content (AvgIpc) is 3.06. The molecule has 0 unspecified atom stereocenters. The first-order valence-corrected chi connectivity index (χ1v) is 13.0. The van der Waals surface area contributed by atoms with E-state index in [1.54, 1.807) is 6.07 Å². The summed E-state index contributed by atoms with van der Waals surface area (Å²) in [7, 11) is -8.00. The molecule has 2 heterocycles. The maximum atomic E-state index is 14.0. The van der Waals surface area contributed by atoms with E-state index in [1.165, 1.54) is 30.4 Å². The van der Waals surface area contributed by atoms with Gasteiger partial charge < -0.3 is 0 Å². The van der Waals surface area contributed by atoms with Gasteiger partial charge in [0.05, 0.1) is 4.90 Å². The van der Waals surface area contributed by atoms with Crippen molar-refractivity contribution in [1.82, 2.24) is 18.7 Å². The summed E-state index contributed by atoms with van der Waals surface area (Å²) in [5.41, 5.74) is -0.879. The lowest BCUT2D eigenvalue weighted by molar-refractivity contribution is 0.221. The lowest BCUT2D eigenvalue weighted by atomic mass is 10.0. The van der Waals surface area contributed by atoms with Gasteiger partial charge in [-0.15, -0.1) is 0 Å². The van der Waals surface area contributed by atoms with Crippen molar-refractivity contribution in [3.05, 3.63) is 34.6 Å². The number of hydrogen-bond acceptors (Lipinski definition) is 5. The molecule has 172 valence electrons. The molecule has 2 aromatic rings. The SMILES string of the molecule is CC(C)CNS(=O)(=O)N1Cc2cc3cnc(Cl)cc3c(S(=O)(=O)NCC(C)(C)F)c2C1. The van der Waals surface area contributed by atoms with Crippen molar-refractivity contribution in [1.29, 1.82) is 0 Å². The number of sulfonamides is 1. The quantitative estimate of drug-likeness (QED) is 0.551. The zero-order valence-corrected chi connectivity index (χ0v) is 20.1. The molecule has 0 radical (unpaired) electrons. The molecule has 8 nitrogen and oxygen atoms in total. The minimum absolute atomic E-state index is 0.0124. The summed E-state index contributed by atoms with van der Waals surface area (Å²) in [6.07, 6.45) is 1.43. The fraction of sp³-hybridized carbons (Fsp3) is 0.526. The Morgan fingerprint density at radius 3 is 2.48 bits per heavy atom. The number of nitrogens with zero attached hydrogens (tertiary/aromatic N) is 2. The summed E-state index contributed by atoms with van der Waals surface area (Å²) >= 11 is 6.01. The number of pyridine rings is 1. The molecule has 12 heteroatoms. The Bertz CT molecular complexity index is 1210. The fourth-order valence-electron chi connectivity index (χ4n) is 3.25. The zero-order valence-electron chi connectivity index (χ0n) is 17.7. The van der Waals surface area contributed by atoms with Gasteiger partial charge in [0.15, 0.2) is 0 Å². The van der Waals surface area contributed by atoms with E-state index in [2.05, 4.69) is 14.4 Å². The molecule has 0 saturated carbocycles. The number of alkyl halides is 1. The van der Waals surface area contributed by atoms with E-state index < -0.39 is 32.4 Å². The Labute approximate surface area is 187 Å². The zero-order chi connectivity index (χ0) is 23.2. The molecule has 0 bridgehead atoms. The van der Waals surface area contributed by atoms with Gasteiger partial charge in [0.25, 0.3) is 10.2 Å². The van der Waals surface area contributed by atoms with Crippen LogP contribution in [-0.2, 0) is 33.3 Å². The van der Waals surface area contributed by atoms with Gasteiger partial charge in [0.1, 0.15) is 10.8 Å². The van der Waals surface area contributed by atoms with Gasteiger partial charge in [-0.05, 0) is 43.0 Å². The first-order chi connectivity index (χ1) is 14.2. The van der Waals surface area contributed by atoms with Crippen LogP contribution in [0.1, 0.15) is 38.8 Å². The van der Waals surface area contributed by atoms with Crippen LogP contribution in [0, 0.1) is 5.92 Å². The van der Waals surface area contributed by atoms with Crippen LogP contribution in [0.15, 0.2) is 23.2 Å². The average molecular weight is 493 g/mol. The fourth-order valence-corrected chi connectivity index (χ4v) is 6.41. The van der Waals surface area contributed by atoms with Crippen molar-refractivity contribution in [2.24, 2.45) is 5.92 Å². The topological polar surface area (TPSA) is 108 Å². The molecule has 1 aliphatic heterocycles. The van der Waals surface area contributed by atoms with E-state index in [1.807, 2.05) is 13.8 Å². The highest BCUT2D eigenvalue weighted by molar-refractivity contribution is 7.89. The predicted molar refractivity (Wildman–Crippen MR) is 118 cm³/mol. The molecule has 3 rings (SSSR count). The van der Waals surface area contributed by atoms with Crippen LogP contribution in [-0.4, -0.2) is 44.9 Å². The number of aromatic nitrogens is 1. The highest BCUT2D eigenvalue weighted by Gasteiger charge is 2.35. The maximum absolute atomic E-state index is 14.0. The highest BCUT2D eigenvalue weighted by atomic mass is 35.5. The van der Waals surface area contributed by atoms with Crippen molar-refractivity contribution in [3.8, 4) is 0 Å². The smallest absolute Gasteiger partial charge is 0.244 e. The maximum Gasteiger partial charge on any atom is 0.280 e. The molecule has 0 aliphatic carbocycles. The van der Waals surface area contributed by atoms with Gasteiger partial charge in [-0.2, -0.15) is 12.7 Å². The Morgan fingerprint density at radius 1 is 1.19 bits per heavy atom. The first-order valence-electron chi connectivity index (χ1n) is 9.73. The van der Waals surface area contributed by atoms with E-state index >= 15 is 0 Å². The van der Waals surface area contributed by atoms with Crippen LogP contribution >= 0.6 is 11.6 Å². The van der Waals surface area contributed by atoms with E-state index in [-0.39, 0.29) is 35.6 Å². The van der Waals surface area contributed by atoms with Crippen molar-refractivity contribution < 1.29 is 21.2 Å². The Kier molecular flexibility index (Phi) is 6.68. The van der Waals surface area contributed by atoms with Gasteiger partial charge in [-0.3, -0.25) is 0 Å². The number of nitrogens with one attached hydrogen (secondary N) is 2. The summed E-state index contributed by atoms with van der Waals surface area (Å²) in [4.78, 5) is 3.90. The van der Waals surface area contributed by atoms with E-state index in [0.717, 1.165) is 0 Å². The Hall–Kier alpha value is -1.37. The molecule has 0 atom stereocenters. The summed E-state index contributed by atoms with van der Waals surface area (Å²) in [6.45, 7) is 6.00. The van der Waals surface area contributed by atoms with E-state index in [4.69, 9.17) is 11.6 Å². The van der Waals surface area contributed by atoms with Gasteiger partial charge >= 0.3 is 0 Å². The van der Waals surface area contributed by atoms with Crippen LogP contribution < -0.4 is 9.44 Å². The number of benzene rings is 1. The second-order valence-electron chi connectivity index (χ2n) is 8.63. The van der Waals surface area contributed by atoms with Crippen molar-refractivity contribution in [2.45, 2.75) is 51.3 Å². The lowest BCUT2D eigenvalue weighted by Crippen LogP contribution is -2.39. The summed E-state index contributed by atoms with van der Waals surface area (Å²) in [5, 5.41) is 0.894. The summed E-state index contributed by atoms with van der Waals surface area (Å²) in [5.74, 6) is 0.111. The molecular formula is C19H26ClFN4O4S2. The molecule has 1 aliphatic rings. The van der Waals surface area contributed by atoms with E-state index in [9.17, 15) is 21.2 Å². The van der Waals surface area contributed by atoms with E-state index in [0.29, 0.717) is 21.9 Å². The van der Waals surface area contributed by atoms with Crippen LogP contribution in [0.2, 0.25) is 5.15 Å². The monoisotopic (exact) mass is 492 g/mol. The van der Waals surface area contributed by atoms with Crippen LogP contribution in [0.4, 0.5) is 4.39 Å².